The SMILES string of the molecule is Cl.O=C(Nc1ccc(-n2nccc2C(F)(F)F)cc1)[C@@H]1CCCNC1. The van der Waals surface area contributed by atoms with Crippen molar-refractivity contribution < 1.29 is 18.0 Å². The maximum Gasteiger partial charge on any atom is 0.433 e. The number of alkyl halides is 3. The third-order valence-electron chi connectivity index (χ3n) is 3.98. The van der Waals surface area contributed by atoms with Crippen LogP contribution >= 0.6 is 12.4 Å². The van der Waals surface area contributed by atoms with Crippen molar-refractivity contribution in [2.75, 3.05) is 18.4 Å². The quantitative estimate of drug-likeness (QED) is 0.867. The molecule has 136 valence electrons. The van der Waals surface area contributed by atoms with E-state index in [0.717, 1.165) is 36.3 Å². The topological polar surface area (TPSA) is 59.0 Å². The Bertz CT molecular complexity index is 709. The molecule has 0 radical (unpaired) electrons. The van der Waals surface area contributed by atoms with Crippen LogP contribution in [0.15, 0.2) is 36.5 Å². The number of carbonyl (C=O) groups is 1. The fraction of sp³-hybridized carbons (Fsp3) is 0.375. The predicted octanol–water partition coefficient (Wildman–Crippen LogP) is 3.25. The maximum absolute atomic E-state index is 12.9. The molecular formula is C16H18ClF3N4O. The maximum atomic E-state index is 12.9. The number of nitrogens with zero attached hydrogens (tertiary/aromatic N) is 2. The Balaban J connectivity index is 0.00000225. The van der Waals surface area contributed by atoms with Gasteiger partial charge in [-0.2, -0.15) is 18.3 Å². The van der Waals surface area contributed by atoms with Crippen molar-refractivity contribution in [3.8, 4) is 5.69 Å². The van der Waals surface area contributed by atoms with Crippen LogP contribution in [0, 0.1) is 5.92 Å². The van der Waals surface area contributed by atoms with Gasteiger partial charge < -0.3 is 10.6 Å². The molecule has 0 unspecified atom stereocenters. The van der Waals surface area contributed by atoms with E-state index in [-0.39, 0.29) is 29.9 Å². The van der Waals surface area contributed by atoms with Crippen LogP contribution in [-0.2, 0) is 11.0 Å². The molecule has 3 rings (SSSR count). The average molecular weight is 375 g/mol. The number of benzene rings is 1. The van der Waals surface area contributed by atoms with Crippen LogP contribution in [0.25, 0.3) is 5.69 Å². The van der Waals surface area contributed by atoms with E-state index in [1.165, 1.54) is 12.1 Å². The van der Waals surface area contributed by atoms with Crippen LogP contribution in [-0.4, -0.2) is 28.8 Å². The summed E-state index contributed by atoms with van der Waals surface area (Å²) in [6.07, 6.45) is -1.58. The number of piperidine rings is 1. The van der Waals surface area contributed by atoms with Gasteiger partial charge in [0.1, 0.15) is 5.69 Å². The van der Waals surface area contributed by atoms with E-state index < -0.39 is 11.9 Å². The molecular weight excluding hydrogens is 357 g/mol. The third-order valence-corrected chi connectivity index (χ3v) is 3.98. The van der Waals surface area contributed by atoms with E-state index in [0.29, 0.717) is 12.2 Å². The van der Waals surface area contributed by atoms with E-state index >= 15 is 0 Å². The molecule has 1 aliphatic heterocycles. The minimum atomic E-state index is -4.47. The monoisotopic (exact) mass is 374 g/mol. The zero-order valence-corrected chi connectivity index (χ0v) is 14.0. The van der Waals surface area contributed by atoms with Crippen LogP contribution in [0.4, 0.5) is 18.9 Å². The normalized spacial score (nSPS) is 17.6. The first kappa shape index (κ1) is 19.3. The number of hydrogen-bond donors (Lipinski definition) is 2. The Morgan fingerprint density at radius 3 is 2.56 bits per heavy atom. The van der Waals surface area contributed by atoms with Gasteiger partial charge in [0.25, 0.3) is 0 Å². The largest absolute Gasteiger partial charge is 0.433 e. The molecule has 5 nitrogen and oxygen atoms in total. The number of hydrogen-bond acceptors (Lipinski definition) is 3. The molecule has 9 heteroatoms. The number of amides is 1. The summed E-state index contributed by atoms with van der Waals surface area (Å²) in [5, 5.41) is 9.69. The smallest absolute Gasteiger partial charge is 0.326 e. The summed E-state index contributed by atoms with van der Waals surface area (Å²) in [5.41, 5.74) is -0.00717. The van der Waals surface area contributed by atoms with Crippen LogP contribution in [0.1, 0.15) is 18.5 Å². The van der Waals surface area contributed by atoms with Crippen LogP contribution in [0.5, 0.6) is 0 Å². The molecule has 0 bridgehead atoms. The van der Waals surface area contributed by atoms with Crippen molar-refractivity contribution in [1.29, 1.82) is 0 Å². The van der Waals surface area contributed by atoms with Gasteiger partial charge in [-0.3, -0.25) is 4.79 Å². The molecule has 0 aliphatic carbocycles. The van der Waals surface area contributed by atoms with Crippen molar-refractivity contribution in [3.63, 3.8) is 0 Å². The Hall–Kier alpha value is -2.06. The van der Waals surface area contributed by atoms with E-state index in [4.69, 9.17) is 0 Å². The first-order valence-electron chi connectivity index (χ1n) is 7.68. The van der Waals surface area contributed by atoms with Crippen LogP contribution < -0.4 is 10.6 Å². The van der Waals surface area contributed by atoms with Gasteiger partial charge in [0, 0.05) is 12.2 Å². The molecule has 0 saturated carbocycles. The van der Waals surface area contributed by atoms with Gasteiger partial charge in [0.15, 0.2) is 0 Å². The molecule has 25 heavy (non-hydrogen) atoms. The minimum absolute atomic E-state index is 0. The summed E-state index contributed by atoms with van der Waals surface area (Å²) in [7, 11) is 0. The zero-order valence-electron chi connectivity index (χ0n) is 13.2. The van der Waals surface area contributed by atoms with Gasteiger partial charge in [0.05, 0.1) is 17.8 Å². The molecule has 2 aromatic rings. The van der Waals surface area contributed by atoms with E-state index in [9.17, 15) is 18.0 Å². The summed E-state index contributed by atoms with van der Waals surface area (Å²) >= 11 is 0. The molecule has 0 spiro atoms. The number of aromatic nitrogens is 2. The van der Waals surface area contributed by atoms with E-state index in [1.807, 2.05) is 0 Å². The van der Waals surface area contributed by atoms with Crippen molar-refractivity contribution >= 4 is 24.0 Å². The Labute approximate surface area is 149 Å². The molecule has 1 fully saturated rings. The minimum Gasteiger partial charge on any atom is -0.326 e. The Kier molecular flexibility index (Phi) is 6.07. The second kappa shape index (κ2) is 7.88. The summed E-state index contributed by atoms with van der Waals surface area (Å²) in [4.78, 5) is 12.1. The van der Waals surface area contributed by atoms with Crippen LogP contribution in [0.2, 0.25) is 0 Å². The van der Waals surface area contributed by atoms with Gasteiger partial charge in [0.2, 0.25) is 5.91 Å². The highest BCUT2D eigenvalue weighted by molar-refractivity contribution is 5.92. The number of rotatable bonds is 3. The summed E-state index contributed by atoms with van der Waals surface area (Å²) < 4.78 is 39.5. The number of anilines is 1. The molecule has 1 aliphatic rings. The molecule has 1 atom stereocenters. The van der Waals surface area contributed by atoms with Gasteiger partial charge in [-0.1, -0.05) is 0 Å². The van der Waals surface area contributed by atoms with E-state index in [1.54, 1.807) is 12.1 Å². The third kappa shape index (κ3) is 4.52. The van der Waals surface area contributed by atoms with Crippen molar-refractivity contribution in [2.24, 2.45) is 5.92 Å². The molecule has 2 heterocycles. The van der Waals surface area contributed by atoms with Gasteiger partial charge in [-0.15, -0.1) is 12.4 Å². The van der Waals surface area contributed by atoms with Crippen LogP contribution in [0.3, 0.4) is 0 Å². The Morgan fingerprint density at radius 2 is 1.96 bits per heavy atom. The highest BCUT2D eigenvalue weighted by Gasteiger charge is 2.35. The second-order valence-corrected chi connectivity index (χ2v) is 5.71. The summed E-state index contributed by atoms with van der Waals surface area (Å²) in [5.74, 6) is -0.161. The van der Waals surface area contributed by atoms with Gasteiger partial charge in [-0.05, 0) is 49.7 Å². The van der Waals surface area contributed by atoms with Crippen molar-refractivity contribution in [3.05, 3.63) is 42.2 Å². The summed E-state index contributed by atoms with van der Waals surface area (Å²) in [6, 6.07) is 7.07. The highest BCUT2D eigenvalue weighted by Crippen LogP contribution is 2.30. The standard InChI is InChI=1S/C16H17F3N4O.ClH/c17-16(18,19)14-7-9-21-23(14)13-5-3-12(4-6-13)22-15(24)11-2-1-8-20-10-11;/h3-7,9,11,20H,1-2,8,10H2,(H,22,24);1H/t11-;/m1./s1. The van der Waals surface area contributed by atoms with Gasteiger partial charge >= 0.3 is 6.18 Å². The molecule has 1 aromatic heterocycles. The van der Waals surface area contributed by atoms with E-state index in [2.05, 4.69) is 15.7 Å². The first-order valence-corrected chi connectivity index (χ1v) is 7.68. The first-order chi connectivity index (χ1) is 11.4. The molecule has 1 saturated heterocycles. The number of nitrogens with one attached hydrogen (secondary N) is 2. The lowest BCUT2D eigenvalue weighted by molar-refractivity contribution is -0.142. The fourth-order valence-corrected chi connectivity index (χ4v) is 2.73. The predicted molar refractivity (Wildman–Crippen MR) is 90.0 cm³/mol. The Morgan fingerprint density at radius 1 is 1.24 bits per heavy atom. The zero-order chi connectivity index (χ0) is 17.2. The summed E-state index contributed by atoms with van der Waals surface area (Å²) in [6.45, 7) is 1.57. The number of halogens is 4. The lowest BCUT2D eigenvalue weighted by Gasteiger charge is -2.22. The lowest BCUT2D eigenvalue weighted by atomic mass is 9.99. The fourth-order valence-electron chi connectivity index (χ4n) is 2.73. The average Bonchev–Trinajstić information content (AvgIpc) is 3.06. The van der Waals surface area contributed by atoms with Gasteiger partial charge in [-0.25, -0.2) is 4.68 Å². The molecule has 2 N–H and O–H groups in total. The lowest BCUT2D eigenvalue weighted by Crippen LogP contribution is -2.37. The highest BCUT2D eigenvalue weighted by atomic mass is 35.5. The number of carbonyl (C=O) groups excluding carboxylic acids is 1. The molecule has 1 aromatic carbocycles. The van der Waals surface area contributed by atoms with Crippen molar-refractivity contribution in [2.45, 2.75) is 19.0 Å². The second-order valence-electron chi connectivity index (χ2n) is 5.71. The molecule has 1 amide bonds. The van der Waals surface area contributed by atoms with Crippen molar-refractivity contribution in [1.82, 2.24) is 15.1 Å².